The summed E-state index contributed by atoms with van der Waals surface area (Å²) in [6, 6.07) is 9.16. The van der Waals surface area contributed by atoms with Crippen LogP contribution in [0.15, 0.2) is 46.3 Å². The number of nitrogens with one attached hydrogen (secondary N) is 3. The van der Waals surface area contributed by atoms with Gasteiger partial charge in [0.25, 0.3) is 0 Å². The van der Waals surface area contributed by atoms with Crippen LogP contribution in [-0.4, -0.2) is 36.2 Å². The second kappa shape index (κ2) is 7.34. The van der Waals surface area contributed by atoms with Crippen LogP contribution in [0.25, 0.3) is 11.7 Å². The van der Waals surface area contributed by atoms with Crippen molar-refractivity contribution in [2.75, 3.05) is 11.9 Å². The first kappa shape index (κ1) is 18.4. The Balaban J connectivity index is 1.64. The van der Waals surface area contributed by atoms with Crippen molar-refractivity contribution in [3.05, 3.63) is 68.4 Å². The molecular formula is C20H18ClN7O2. The minimum absolute atomic E-state index is 0.242. The highest BCUT2D eigenvalue weighted by Gasteiger charge is 2.20. The second-order valence-electron chi connectivity index (χ2n) is 7.24. The zero-order valence-corrected chi connectivity index (χ0v) is 16.5. The van der Waals surface area contributed by atoms with E-state index in [2.05, 4.69) is 25.4 Å². The fourth-order valence-corrected chi connectivity index (χ4v) is 3.22. The molecule has 9 nitrogen and oxygen atoms in total. The summed E-state index contributed by atoms with van der Waals surface area (Å²) in [5.74, 6) is 0.985. The van der Waals surface area contributed by atoms with Gasteiger partial charge in [-0.2, -0.15) is 9.61 Å². The van der Waals surface area contributed by atoms with E-state index in [1.54, 1.807) is 28.9 Å². The number of fused-ring (bicyclic) bond motifs is 1. The van der Waals surface area contributed by atoms with Crippen LogP contribution in [-0.2, 0) is 0 Å². The molecule has 0 radical (unpaired) electrons. The molecule has 30 heavy (non-hydrogen) atoms. The van der Waals surface area contributed by atoms with Gasteiger partial charge >= 0.3 is 5.69 Å². The highest BCUT2D eigenvalue weighted by molar-refractivity contribution is 6.30. The Morgan fingerprint density at radius 1 is 1.30 bits per heavy atom. The van der Waals surface area contributed by atoms with E-state index in [-0.39, 0.29) is 11.6 Å². The van der Waals surface area contributed by atoms with Gasteiger partial charge in [-0.1, -0.05) is 11.6 Å². The first-order valence-corrected chi connectivity index (χ1v) is 9.88. The Bertz CT molecular complexity index is 1400. The van der Waals surface area contributed by atoms with Crippen LogP contribution in [0.3, 0.4) is 0 Å². The van der Waals surface area contributed by atoms with Crippen molar-refractivity contribution in [1.82, 2.24) is 24.6 Å². The number of anilines is 2. The summed E-state index contributed by atoms with van der Waals surface area (Å²) in [6.07, 6.45) is 5.63. The van der Waals surface area contributed by atoms with Gasteiger partial charge in [0.1, 0.15) is 11.5 Å². The number of aromatic nitrogens is 5. The smallest absolute Gasteiger partial charge is 0.326 e. The zero-order valence-electron chi connectivity index (χ0n) is 15.8. The molecule has 10 heteroatoms. The molecule has 1 aromatic carbocycles. The number of benzene rings is 1. The largest absolute Gasteiger partial charge is 0.493 e. The molecule has 3 heterocycles. The van der Waals surface area contributed by atoms with Crippen molar-refractivity contribution in [3.63, 3.8) is 0 Å². The van der Waals surface area contributed by atoms with E-state index in [0.717, 1.165) is 12.2 Å². The predicted octanol–water partition coefficient (Wildman–Crippen LogP) is 1.71. The van der Waals surface area contributed by atoms with Crippen molar-refractivity contribution in [2.45, 2.75) is 12.8 Å². The molecule has 0 spiro atoms. The minimum atomic E-state index is -0.492. The highest BCUT2D eigenvalue weighted by Crippen LogP contribution is 2.28. The Hall–Kier alpha value is -3.59. The first-order chi connectivity index (χ1) is 14.5. The van der Waals surface area contributed by atoms with E-state index in [4.69, 9.17) is 16.6 Å². The summed E-state index contributed by atoms with van der Waals surface area (Å²) in [5, 5.41) is 18.8. The van der Waals surface area contributed by atoms with Gasteiger partial charge in [0.05, 0.1) is 6.20 Å². The third-order valence-electron chi connectivity index (χ3n) is 4.84. The Morgan fingerprint density at radius 3 is 2.80 bits per heavy atom. The van der Waals surface area contributed by atoms with Crippen LogP contribution in [0.2, 0.25) is 5.02 Å². The topological polar surface area (TPSA) is 123 Å². The molecule has 1 fully saturated rings. The third kappa shape index (κ3) is 3.79. The lowest BCUT2D eigenvalue weighted by molar-refractivity contribution is 0.454. The molecule has 4 aromatic rings. The van der Waals surface area contributed by atoms with Crippen LogP contribution >= 0.6 is 11.6 Å². The fraction of sp³-hybridized carbons (Fsp3) is 0.200. The van der Waals surface area contributed by atoms with Gasteiger partial charge in [0, 0.05) is 28.5 Å². The molecule has 1 aliphatic carbocycles. The number of hydrogen-bond acceptors (Lipinski definition) is 6. The quantitative estimate of drug-likeness (QED) is 0.389. The van der Waals surface area contributed by atoms with Crippen molar-refractivity contribution >= 4 is 34.8 Å². The van der Waals surface area contributed by atoms with Gasteiger partial charge in [-0.05, 0) is 49.1 Å². The maximum atomic E-state index is 11.4. The SMILES string of the molecule is O=c1[nH]c(O)c(/C=c2/cnn3c(=NCC4CC4)cc(Nc4ccc(Cl)cc4)nc23)[nH]1. The number of halogens is 1. The van der Waals surface area contributed by atoms with Gasteiger partial charge in [-0.25, -0.2) is 9.78 Å². The lowest BCUT2D eigenvalue weighted by Gasteiger charge is -2.06. The minimum Gasteiger partial charge on any atom is -0.493 e. The molecule has 0 unspecified atom stereocenters. The number of nitrogens with zero attached hydrogens (tertiary/aromatic N) is 4. The van der Waals surface area contributed by atoms with Crippen LogP contribution in [0.4, 0.5) is 11.5 Å². The summed E-state index contributed by atoms with van der Waals surface area (Å²) < 4.78 is 1.66. The lowest BCUT2D eigenvalue weighted by atomic mass is 10.3. The normalized spacial score (nSPS) is 15.2. The van der Waals surface area contributed by atoms with E-state index in [9.17, 15) is 9.90 Å². The Kier molecular flexibility index (Phi) is 4.51. The molecule has 3 aromatic heterocycles. The number of hydrogen-bond donors (Lipinski definition) is 4. The van der Waals surface area contributed by atoms with Crippen LogP contribution in [0, 0.1) is 5.92 Å². The average molecular weight is 424 g/mol. The van der Waals surface area contributed by atoms with Crippen LogP contribution in [0.5, 0.6) is 5.88 Å². The fourth-order valence-electron chi connectivity index (χ4n) is 3.09. The summed E-state index contributed by atoms with van der Waals surface area (Å²) in [6.45, 7) is 0.740. The third-order valence-corrected chi connectivity index (χ3v) is 5.09. The van der Waals surface area contributed by atoms with Gasteiger partial charge in [-0.3, -0.25) is 9.98 Å². The number of imidazole rings is 1. The summed E-state index contributed by atoms with van der Waals surface area (Å²) in [7, 11) is 0. The van der Waals surface area contributed by atoms with Crippen LogP contribution < -0.4 is 21.7 Å². The van der Waals surface area contributed by atoms with E-state index < -0.39 is 5.69 Å². The number of H-pyrrole nitrogens is 2. The summed E-state index contributed by atoms with van der Waals surface area (Å²) in [5.41, 5.74) is 1.82. The maximum absolute atomic E-state index is 11.4. The molecule has 0 bridgehead atoms. The molecule has 4 N–H and O–H groups in total. The van der Waals surface area contributed by atoms with Crippen molar-refractivity contribution < 1.29 is 5.11 Å². The van der Waals surface area contributed by atoms with Crippen molar-refractivity contribution in [2.24, 2.45) is 10.9 Å². The second-order valence-corrected chi connectivity index (χ2v) is 7.67. The maximum Gasteiger partial charge on any atom is 0.326 e. The molecular weight excluding hydrogens is 406 g/mol. The molecule has 1 saturated carbocycles. The van der Waals surface area contributed by atoms with Crippen molar-refractivity contribution in [3.8, 4) is 5.88 Å². The van der Waals surface area contributed by atoms with Gasteiger partial charge in [0.2, 0.25) is 5.88 Å². The standard InChI is InChI=1S/C20H18ClN7O2/c21-13-3-5-14(6-4-13)24-16-8-17(22-9-11-1-2-11)28-18(26-16)12(10-23-28)7-15-19(29)27-20(30)25-15/h3-8,10-11,24,29H,1-2,9H2,(H2,25,27,30)/b12-7-,22-17?. The first-order valence-electron chi connectivity index (χ1n) is 9.50. The number of aromatic amines is 2. The zero-order chi connectivity index (χ0) is 20.7. The molecule has 152 valence electrons. The van der Waals surface area contributed by atoms with Gasteiger partial charge in [-0.15, -0.1) is 0 Å². The van der Waals surface area contributed by atoms with E-state index in [0.29, 0.717) is 33.1 Å². The number of rotatable bonds is 5. The predicted molar refractivity (Wildman–Crippen MR) is 113 cm³/mol. The Labute approximate surface area is 174 Å². The molecule has 0 saturated heterocycles. The molecule has 5 rings (SSSR count). The molecule has 1 aliphatic rings. The Morgan fingerprint density at radius 2 is 2.10 bits per heavy atom. The van der Waals surface area contributed by atoms with Gasteiger partial charge < -0.3 is 15.4 Å². The molecule has 0 amide bonds. The lowest BCUT2D eigenvalue weighted by Crippen LogP contribution is -2.20. The molecule has 0 atom stereocenters. The monoisotopic (exact) mass is 423 g/mol. The van der Waals surface area contributed by atoms with E-state index in [1.807, 2.05) is 18.2 Å². The summed E-state index contributed by atoms with van der Waals surface area (Å²) in [4.78, 5) is 25.7. The number of aromatic hydroxyl groups is 1. The molecule has 0 aliphatic heterocycles. The van der Waals surface area contributed by atoms with E-state index in [1.165, 1.54) is 12.8 Å². The highest BCUT2D eigenvalue weighted by atomic mass is 35.5. The summed E-state index contributed by atoms with van der Waals surface area (Å²) >= 11 is 5.97. The van der Waals surface area contributed by atoms with Gasteiger partial charge in [0.15, 0.2) is 11.1 Å². The van der Waals surface area contributed by atoms with E-state index >= 15 is 0 Å². The van der Waals surface area contributed by atoms with Crippen molar-refractivity contribution in [1.29, 1.82) is 0 Å². The average Bonchev–Trinajstić information content (AvgIpc) is 3.39. The van der Waals surface area contributed by atoms with Crippen LogP contribution in [0.1, 0.15) is 18.5 Å².